The predicted octanol–water partition coefficient (Wildman–Crippen LogP) is 1.08. The fourth-order valence-electron chi connectivity index (χ4n) is 2.51. The summed E-state index contributed by atoms with van der Waals surface area (Å²) in [6.45, 7) is 3.38. The summed E-state index contributed by atoms with van der Waals surface area (Å²) in [6, 6.07) is 6.79. The molecule has 7 heteroatoms. The zero-order valence-electron chi connectivity index (χ0n) is 13.0. The molecule has 23 heavy (non-hydrogen) atoms. The number of benzene rings is 1. The highest BCUT2D eigenvalue weighted by Gasteiger charge is 2.21. The summed E-state index contributed by atoms with van der Waals surface area (Å²) in [4.78, 5) is 26.7. The standard InChI is InChI=1S/C16H22FN3O2S/c17-14-4-2-1-3-13(14)11-19-6-8-20(9-7-19)16(22)5-10-23-12-15(18)21/h1-4H,5-12H2,(H2,18,21). The SMILES string of the molecule is NC(=O)CSCCC(=O)N1CCN(Cc2ccccc2F)CC1. The first-order chi connectivity index (χ1) is 11.1. The fraction of sp³-hybridized carbons (Fsp3) is 0.500. The van der Waals surface area contributed by atoms with Crippen LogP contribution in [0.15, 0.2) is 24.3 Å². The Bertz CT molecular complexity index is 548. The van der Waals surface area contributed by atoms with Crippen LogP contribution >= 0.6 is 11.8 Å². The van der Waals surface area contributed by atoms with Crippen molar-refractivity contribution in [3.8, 4) is 0 Å². The summed E-state index contributed by atoms with van der Waals surface area (Å²) in [5.74, 6) is 0.426. The zero-order valence-corrected chi connectivity index (χ0v) is 13.9. The quantitative estimate of drug-likeness (QED) is 0.755. The number of nitrogens with two attached hydrogens (primary N) is 1. The van der Waals surface area contributed by atoms with Crippen LogP contribution in [0.1, 0.15) is 12.0 Å². The number of thioether (sulfide) groups is 1. The summed E-state index contributed by atoms with van der Waals surface area (Å²) in [6.07, 6.45) is 0.422. The van der Waals surface area contributed by atoms with E-state index in [2.05, 4.69) is 4.90 Å². The van der Waals surface area contributed by atoms with E-state index in [1.165, 1.54) is 17.8 Å². The Kier molecular flexibility index (Phi) is 6.85. The van der Waals surface area contributed by atoms with Crippen molar-refractivity contribution in [3.05, 3.63) is 35.6 Å². The molecule has 0 saturated carbocycles. The van der Waals surface area contributed by atoms with Crippen molar-refractivity contribution in [2.24, 2.45) is 5.73 Å². The zero-order chi connectivity index (χ0) is 16.7. The van der Waals surface area contributed by atoms with E-state index in [1.54, 1.807) is 12.1 Å². The van der Waals surface area contributed by atoms with Crippen LogP contribution < -0.4 is 5.73 Å². The van der Waals surface area contributed by atoms with E-state index < -0.39 is 0 Å². The molecule has 0 aliphatic carbocycles. The van der Waals surface area contributed by atoms with Gasteiger partial charge in [-0.1, -0.05) is 18.2 Å². The Balaban J connectivity index is 1.70. The van der Waals surface area contributed by atoms with Gasteiger partial charge in [-0.25, -0.2) is 4.39 Å². The third-order valence-corrected chi connectivity index (χ3v) is 4.76. The molecular formula is C16H22FN3O2S. The lowest BCUT2D eigenvalue weighted by Gasteiger charge is -2.34. The summed E-state index contributed by atoms with van der Waals surface area (Å²) in [7, 11) is 0. The van der Waals surface area contributed by atoms with E-state index in [0.29, 0.717) is 37.4 Å². The van der Waals surface area contributed by atoms with Crippen molar-refractivity contribution in [1.29, 1.82) is 0 Å². The fourth-order valence-corrected chi connectivity index (χ4v) is 3.18. The summed E-state index contributed by atoms with van der Waals surface area (Å²) in [5, 5.41) is 0. The summed E-state index contributed by atoms with van der Waals surface area (Å²) >= 11 is 1.38. The summed E-state index contributed by atoms with van der Waals surface area (Å²) < 4.78 is 13.7. The third-order valence-electron chi connectivity index (χ3n) is 3.78. The number of hydrogen-bond donors (Lipinski definition) is 1. The van der Waals surface area contributed by atoms with Crippen molar-refractivity contribution >= 4 is 23.6 Å². The minimum absolute atomic E-state index is 0.104. The number of nitrogens with zero attached hydrogens (tertiary/aromatic N) is 2. The van der Waals surface area contributed by atoms with Crippen LogP contribution in [-0.2, 0) is 16.1 Å². The minimum Gasteiger partial charge on any atom is -0.369 e. The van der Waals surface area contributed by atoms with Gasteiger partial charge in [0.2, 0.25) is 11.8 Å². The van der Waals surface area contributed by atoms with E-state index in [4.69, 9.17) is 5.73 Å². The Morgan fingerprint density at radius 1 is 1.17 bits per heavy atom. The predicted molar refractivity (Wildman–Crippen MR) is 89.4 cm³/mol. The molecule has 0 atom stereocenters. The van der Waals surface area contributed by atoms with Gasteiger partial charge in [-0.2, -0.15) is 11.8 Å². The summed E-state index contributed by atoms with van der Waals surface area (Å²) in [5.41, 5.74) is 5.74. The van der Waals surface area contributed by atoms with Gasteiger partial charge in [0.05, 0.1) is 5.75 Å². The average molecular weight is 339 g/mol. The minimum atomic E-state index is -0.357. The Morgan fingerprint density at radius 2 is 1.87 bits per heavy atom. The highest BCUT2D eigenvalue weighted by atomic mass is 32.2. The van der Waals surface area contributed by atoms with Crippen LogP contribution in [0.2, 0.25) is 0 Å². The molecule has 2 amide bonds. The highest BCUT2D eigenvalue weighted by molar-refractivity contribution is 7.99. The lowest BCUT2D eigenvalue weighted by atomic mass is 10.2. The monoisotopic (exact) mass is 339 g/mol. The van der Waals surface area contributed by atoms with Crippen LogP contribution in [0, 0.1) is 5.82 Å². The third kappa shape index (κ3) is 5.84. The second-order valence-electron chi connectivity index (χ2n) is 5.52. The molecular weight excluding hydrogens is 317 g/mol. The molecule has 0 unspecified atom stereocenters. The Labute approximate surface area is 140 Å². The van der Waals surface area contributed by atoms with E-state index in [9.17, 15) is 14.0 Å². The largest absolute Gasteiger partial charge is 0.369 e. The molecule has 2 rings (SSSR count). The van der Waals surface area contributed by atoms with E-state index in [0.717, 1.165) is 13.1 Å². The maximum absolute atomic E-state index is 13.7. The Hall–Kier alpha value is -1.60. The molecule has 1 aliphatic heterocycles. The molecule has 1 aliphatic rings. The van der Waals surface area contributed by atoms with Crippen molar-refractivity contribution < 1.29 is 14.0 Å². The number of amides is 2. The van der Waals surface area contributed by atoms with E-state index in [-0.39, 0.29) is 23.4 Å². The normalized spacial score (nSPS) is 15.6. The van der Waals surface area contributed by atoms with Crippen LogP contribution in [-0.4, -0.2) is 59.3 Å². The number of primary amides is 1. The van der Waals surface area contributed by atoms with Gasteiger partial charge in [0.1, 0.15) is 5.82 Å². The molecule has 1 fully saturated rings. The van der Waals surface area contributed by atoms with Crippen LogP contribution in [0.5, 0.6) is 0 Å². The molecule has 5 nitrogen and oxygen atoms in total. The molecule has 2 N–H and O–H groups in total. The first-order valence-corrected chi connectivity index (χ1v) is 8.81. The number of carbonyl (C=O) groups is 2. The van der Waals surface area contributed by atoms with Gasteiger partial charge in [0.15, 0.2) is 0 Å². The molecule has 0 aromatic heterocycles. The topological polar surface area (TPSA) is 66.6 Å². The number of halogens is 1. The van der Waals surface area contributed by atoms with E-state index in [1.807, 2.05) is 11.0 Å². The highest BCUT2D eigenvalue weighted by Crippen LogP contribution is 2.13. The smallest absolute Gasteiger partial charge is 0.227 e. The van der Waals surface area contributed by atoms with Gasteiger partial charge in [0.25, 0.3) is 0 Å². The first-order valence-electron chi connectivity index (χ1n) is 7.66. The van der Waals surface area contributed by atoms with Crippen molar-refractivity contribution in [3.63, 3.8) is 0 Å². The maximum Gasteiger partial charge on any atom is 0.227 e. The number of rotatable bonds is 7. The van der Waals surface area contributed by atoms with Gasteiger partial charge in [-0.3, -0.25) is 14.5 Å². The van der Waals surface area contributed by atoms with Gasteiger partial charge in [0, 0.05) is 50.5 Å². The molecule has 1 aromatic carbocycles. The maximum atomic E-state index is 13.7. The average Bonchev–Trinajstić information content (AvgIpc) is 2.54. The van der Waals surface area contributed by atoms with Crippen LogP contribution in [0.25, 0.3) is 0 Å². The van der Waals surface area contributed by atoms with Crippen molar-refractivity contribution in [2.45, 2.75) is 13.0 Å². The first kappa shape index (κ1) is 17.7. The van der Waals surface area contributed by atoms with Gasteiger partial charge in [-0.05, 0) is 6.07 Å². The molecule has 1 heterocycles. The second kappa shape index (κ2) is 8.88. The van der Waals surface area contributed by atoms with Crippen molar-refractivity contribution in [1.82, 2.24) is 9.80 Å². The molecule has 1 saturated heterocycles. The number of piperazine rings is 1. The van der Waals surface area contributed by atoms with Gasteiger partial charge < -0.3 is 10.6 Å². The molecule has 126 valence electrons. The number of hydrogen-bond acceptors (Lipinski definition) is 4. The van der Waals surface area contributed by atoms with E-state index >= 15 is 0 Å². The number of carbonyl (C=O) groups excluding carboxylic acids is 2. The van der Waals surface area contributed by atoms with Gasteiger partial charge >= 0.3 is 0 Å². The molecule has 0 bridgehead atoms. The lowest BCUT2D eigenvalue weighted by Crippen LogP contribution is -2.48. The van der Waals surface area contributed by atoms with Crippen LogP contribution in [0.3, 0.4) is 0 Å². The van der Waals surface area contributed by atoms with Crippen molar-refractivity contribution in [2.75, 3.05) is 37.7 Å². The molecule has 1 aromatic rings. The molecule has 0 spiro atoms. The van der Waals surface area contributed by atoms with Crippen LogP contribution in [0.4, 0.5) is 4.39 Å². The Morgan fingerprint density at radius 3 is 2.52 bits per heavy atom. The van der Waals surface area contributed by atoms with Gasteiger partial charge in [-0.15, -0.1) is 0 Å². The second-order valence-corrected chi connectivity index (χ2v) is 6.62. The lowest BCUT2D eigenvalue weighted by molar-refractivity contribution is -0.132. The molecule has 0 radical (unpaired) electrons.